The van der Waals surface area contributed by atoms with Crippen molar-refractivity contribution in [2.24, 2.45) is 11.7 Å². The molecule has 0 aliphatic carbocycles. The Morgan fingerprint density at radius 3 is 2.40 bits per heavy atom. The number of carboxylic acids is 1. The number of anilines is 1. The summed E-state index contributed by atoms with van der Waals surface area (Å²) in [7, 11) is 0. The lowest BCUT2D eigenvalue weighted by Gasteiger charge is -2.17. The van der Waals surface area contributed by atoms with Gasteiger partial charge < -0.3 is 16.2 Å². The number of aryl methyl sites for hydroxylation is 1. The van der Waals surface area contributed by atoms with E-state index in [2.05, 4.69) is 5.32 Å². The predicted octanol–water partition coefficient (Wildman–Crippen LogP) is 2.02. The van der Waals surface area contributed by atoms with Crippen LogP contribution in [0, 0.1) is 5.92 Å². The molecule has 5 heteroatoms. The van der Waals surface area contributed by atoms with Crippen LogP contribution in [0.25, 0.3) is 0 Å². The molecule has 1 unspecified atom stereocenters. The summed E-state index contributed by atoms with van der Waals surface area (Å²) < 4.78 is 0. The summed E-state index contributed by atoms with van der Waals surface area (Å²) in [6, 6.07) is 6.63. The minimum atomic E-state index is -0.818. The van der Waals surface area contributed by atoms with Crippen molar-refractivity contribution < 1.29 is 14.7 Å². The number of carbonyl (C=O) groups excluding carboxylic acids is 1. The SMILES string of the molecule is CCC(C)[C@H](N)C(=O)Nc1ccc(CCC(=O)O)cc1. The van der Waals surface area contributed by atoms with Crippen LogP contribution in [-0.4, -0.2) is 23.0 Å². The summed E-state index contributed by atoms with van der Waals surface area (Å²) in [5.41, 5.74) is 7.45. The number of aliphatic carboxylic acids is 1. The second kappa shape index (κ2) is 7.65. The third-order valence-electron chi connectivity index (χ3n) is 3.41. The van der Waals surface area contributed by atoms with Gasteiger partial charge >= 0.3 is 5.97 Å². The Hall–Kier alpha value is -1.88. The summed E-state index contributed by atoms with van der Waals surface area (Å²) >= 11 is 0. The maximum Gasteiger partial charge on any atom is 0.303 e. The van der Waals surface area contributed by atoms with E-state index in [0.717, 1.165) is 12.0 Å². The molecule has 0 fully saturated rings. The zero-order chi connectivity index (χ0) is 15.1. The smallest absolute Gasteiger partial charge is 0.303 e. The van der Waals surface area contributed by atoms with Crippen molar-refractivity contribution in [2.75, 3.05) is 5.32 Å². The van der Waals surface area contributed by atoms with Crippen LogP contribution >= 0.6 is 0 Å². The number of hydrogen-bond acceptors (Lipinski definition) is 3. The summed E-state index contributed by atoms with van der Waals surface area (Å²) in [4.78, 5) is 22.4. The van der Waals surface area contributed by atoms with Gasteiger partial charge in [-0.05, 0) is 30.0 Å². The normalized spacial score (nSPS) is 13.6. The van der Waals surface area contributed by atoms with Crippen LogP contribution < -0.4 is 11.1 Å². The van der Waals surface area contributed by atoms with Gasteiger partial charge in [0.1, 0.15) is 0 Å². The van der Waals surface area contributed by atoms with E-state index in [9.17, 15) is 9.59 Å². The van der Waals surface area contributed by atoms with Crippen LogP contribution in [0.15, 0.2) is 24.3 Å². The van der Waals surface area contributed by atoms with Crippen molar-refractivity contribution in [3.63, 3.8) is 0 Å². The zero-order valence-electron chi connectivity index (χ0n) is 11.9. The Kier molecular flexibility index (Phi) is 6.18. The van der Waals surface area contributed by atoms with Gasteiger partial charge in [0.05, 0.1) is 6.04 Å². The molecule has 0 heterocycles. The van der Waals surface area contributed by atoms with Crippen molar-refractivity contribution in [3.05, 3.63) is 29.8 Å². The number of carbonyl (C=O) groups is 2. The van der Waals surface area contributed by atoms with Crippen molar-refractivity contribution in [1.29, 1.82) is 0 Å². The van der Waals surface area contributed by atoms with E-state index < -0.39 is 12.0 Å². The first-order valence-electron chi connectivity index (χ1n) is 6.81. The van der Waals surface area contributed by atoms with Crippen LogP contribution in [0.4, 0.5) is 5.69 Å². The molecular weight excluding hydrogens is 256 g/mol. The fourth-order valence-corrected chi connectivity index (χ4v) is 1.74. The number of carboxylic acid groups (broad SMARTS) is 1. The third-order valence-corrected chi connectivity index (χ3v) is 3.41. The Morgan fingerprint density at radius 2 is 1.90 bits per heavy atom. The molecule has 1 amide bonds. The minimum Gasteiger partial charge on any atom is -0.481 e. The molecular formula is C15H22N2O3. The standard InChI is InChI=1S/C15H22N2O3/c1-3-10(2)14(16)15(20)17-12-7-4-11(5-8-12)6-9-13(18)19/h4-5,7-8,10,14H,3,6,9,16H2,1-2H3,(H,17,20)(H,18,19)/t10?,14-/m0/s1. The van der Waals surface area contributed by atoms with Crippen molar-refractivity contribution in [2.45, 2.75) is 39.2 Å². The van der Waals surface area contributed by atoms with Gasteiger partial charge in [-0.3, -0.25) is 9.59 Å². The highest BCUT2D eigenvalue weighted by atomic mass is 16.4. The number of amides is 1. The van der Waals surface area contributed by atoms with Gasteiger partial charge in [-0.1, -0.05) is 32.4 Å². The van der Waals surface area contributed by atoms with Gasteiger partial charge in [0.2, 0.25) is 5.91 Å². The molecule has 4 N–H and O–H groups in total. The maximum absolute atomic E-state index is 11.9. The van der Waals surface area contributed by atoms with E-state index in [0.29, 0.717) is 12.1 Å². The molecule has 0 saturated heterocycles. The monoisotopic (exact) mass is 278 g/mol. The second-order valence-electron chi connectivity index (χ2n) is 4.99. The molecule has 0 radical (unpaired) electrons. The average molecular weight is 278 g/mol. The molecule has 0 aliphatic heterocycles. The molecule has 20 heavy (non-hydrogen) atoms. The number of nitrogens with two attached hydrogens (primary N) is 1. The molecule has 0 aliphatic rings. The minimum absolute atomic E-state index is 0.102. The maximum atomic E-state index is 11.9. The van der Waals surface area contributed by atoms with E-state index in [1.165, 1.54) is 0 Å². The van der Waals surface area contributed by atoms with E-state index in [4.69, 9.17) is 10.8 Å². The molecule has 5 nitrogen and oxygen atoms in total. The van der Waals surface area contributed by atoms with E-state index in [1.54, 1.807) is 12.1 Å². The number of benzene rings is 1. The molecule has 1 aromatic rings. The summed E-state index contributed by atoms with van der Waals surface area (Å²) in [5, 5.41) is 11.4. The molecule has 0 bridgehead atoms. The van der Waals surface area contributed by atoms with Crippen LogP contribution in [0.1, 0.15) is 32.3 Å². The van der Waals surface area contributed by atoms with E-state index in [-0.39, 0.29) is 18.2 Å². The molecule has 0 spiro atoms. The Bertz CT molecular complexity index is 457. The highest BCUT2D eigenvalue weighted by Crippen LogP contribution is 2.13. The topological polar surface area (TPSA) is 92.4 Å². The summed E-state index contributed by atoms with van der Waals surface area (Å²) in [6.07, 6.45) is 1.43. The summed E-state index contributed by atoms with van der Waals surface area (Å²) in [5.74, 6) is -0.885. The molecule has 1 rings (SSSR count). The van der Waals surface area contributed by atoms with Crippen molar-refractivity contribution in [1.82, 2.24) is 0 Å². The lowest BCUT2D eigenvalue weighted by Crippen LogP contribution is -2.40. The fraction of sp³-hybridized carbons (Fsp3) is 0.467. The largest absolute Gasteiger partial charge is 0.481 e. The zero-order valence-corrected chi connectivity index (χ0v) is 11.9. The predicted molar refractivity (Wildman–Crippen MR) is 78.5 cm³/mol. The van der Waals surface area contributed by atoms with E-state index >= 15 is 0 Å². The number of rotatable bonds is 7. The highest BCUT2D eigenvalue weighted by Gasteiger charge is 2.19. The van der Waals surface area contributed by atoms with Crippen LogP contribution in [0.2, 0.25) is 0 Å². The van der Waals surface area contributed by atoms with Crippen molar-refractivity contribution >= 4 is 17.6 Å². The van der Waals surface area contributed by atoms with Gasteiger partial charge in [-0.15, -0.1) is 0 Å². The van der Waals surface area contributed by atoms with Gasteiger partial charge in [0, 0.05) is 12.1 Å². The van der Waals surface area contributed by atoms with Gasteiger partial charge in [0.15, 0.2) is 0 Å². The lowest BCUT2D eigenvalue weighted by molar-refractivity contribution is -0.137. The lowest BCUT2D eigenvalue weighted by atomic mass is 9.99. The molecule has 0 aromatic heterocycles. The molecule has 2 atom stereocenters. The third kappa shape index (κ3) is 5.01. The quantitative estimate of drug-likeness (QED) is 0.711. The Morgan fingerprint density at radius 1 is 1.30 bits per heavy atom. The van der Waals surface area contributed by atoms with Crippen LogP contribution in [0.5, 0.6) is 0 Å². The fourth-order valence-electron chi connectivity index (χ4n) is 1.74. The first kappa shape index (κ1) is 16.2. The number of hydrogen-bond donors (Lipinski definition) is 3. The second-order valence-corrected chi connectivity index (χ2v) is 4.99. The summed E-state index contributed by atoms with van der Waals surface area (Å²) in [6.45, 7) is 3.94. The number of nitrogens with one attached hydrogen (secondary N) is 1. The van der Waals surface area contributed by atoms with E-state index in [1.807, 2.05) is 26.0 Å². The average Bonchev–Trinajstić information content (AvgIpc) is 2.44. The Balaban J connectivity index is 2.56. The first-order chi connectivity index (χ1) is 9.43. The first-order valence-corrected chi connectivity index (χ1v) is 6.81. The molecule has 1 aromatic carbocycles. The van der Waals surface area contributed by atoms with Gasteiger partial charge in [-0.2, -0.15) is 0 Å². The highest BCUT2D eigenvalue weighted by molar-refractivity contribution is 5.94. The molecule has 110 valence electrons. The molecule has 0 saturated carbocycles. The van der Waals surface area contributed by atoms with Crippen LogP contribution in [-0.2, 0) is 16.0 Å². The van der Waals surface area contributed by atoms with Gasteiger partial charge in [-0.25, -0.2) is 0 Å². The van der Waals surface area contributed by atoms with Crippen molar-refractivity contribution in [3.8, 4) is 0 Å². The Labute approximate surface area is 119 Å². The van der Waals surface area contributed by atoms with Crippen LogP contribution in [0.3, 0.4) is 0 Å². The van der Waals surface area contributed by atoms with Gasteiger partial charge in [0.25, 0.3) is 0 Å².